The van der Waals surface area contributed by atoms with Crippen LogP contribution in [0.25, 0.3) is 11.3 Å². The Bertz CT molecular complexity index is 587. The summed E-state index contributed by atoms with van der Waals surface area (Å²) < 4.78 is 5.26. The largest absolute Gasteiger partial charge is 0.475 e. The summed E-state index contributed by atoms with van der Waals surface area (Å²) in [7, 11) is 0. The van der Waals surface area contributed by atoms with Crippen molar-refractivity contribution in [2.45, 2.75) is 6.92 Å². The van der Waals surface area contributed by atoms with Crippen molar-refractivity contribution in [3.05, 3.63) is 45.6 Å². The van der Waals surface area contributed by atoms with Gasteiger partial charge < -0.3 is 9.52 Å². The van der Waals surface area contributed by atoms with Gasteiger partial charge in [0.1, 0.15) is 5.76 Å². The molecule has 0 amide bonds. The molecule has 1 heterocycles. The van der Waals surface area contributed by atoms with Crippen molar-refractivity contribution in [3.63, 3.8) is 0 Å². The second-order valence-electron chi connectivity index (χ2n) is 3.53. The molecule has 0 radical (unpaired) electrons. The second-order valence-corrected chi connectivity index (χ2v) is 4.31. The Hall–Kier alpha value is -1.45. The lowest BCUT2D eigenvalue weighted by Gasteiger charge is -2.03. The fourth-order valence-electron chi connectivity index (χ4n) is 1.53. The first-order chi connectivity index (χ1) is 8.00. The Kier molecular flexibility index (Phi) is 3.13. The highest BCUT2D eigenvalue weighted by atomic mass is 35.5. The number of hydrogen-bond acceptors (Lipinski definition) is 2. The molecule has 0 saturated heterocycles. The predicted octanol–water partition coefficient (Wildman–Crippen LogP) is 4.26. The summed E-state index contributed by atoms with van der Waals surface area (Å²) in [5, 5.41) is 9.59. The lowest BCUT2D eigenvalue weighted by molar-refractivity contribution is 0.0663. The van der Waals surface area contributed by atoms with Crippen LogP contribution in [-0.4, -0.2) is 11.1 Å². The molecular weight excluding hydrogens is 263 g/mol. The number of aromatic carboxylic acids is 1. The first kappa shape index (κ1) is 12.0. The van der Waals surface area contributed by atoms with Crippen molar-refractivity contribution in [1.29, 1.82) is 0 Å². The van der Waals surface area contributed by atoms with E-state index in [9.17, 15) is 4.79 Å². The third-order valence-electron chi connectivity index (χ3n) is 2.32. The normalized spacial score (nSPS) is 10.5. The van der Waals surface area contributed by atoms with Crippen molar-refractivity contribution in [2.24, 2.45) is 0 Å². The number of carboxylic acid groups (broad SMARTS) is 1. The zero-order chi connectivity index (χ0) is 12.6. The van der Waals surface area contributed by atoms with Gasteiger partial charge in [0.05, 0.1) is 10.0 Å². The smallest absolute Gasteiger partial charge is 0.371 e. The van der Waals surface area contributed by atoms with Crippen LogP contribution in [0.1, 0.15) is 16.1 Å². The van der Waals surface area contributed by atoms with Crippen molar-refractivity contribution in [3.8, 4) is 11.3 Å². The van der Waals surface area contributed by atoms with Gasteiger partial charge in [0.15, 0.2) is 0 Å². The van der Waals surface area contributed by atoms with Crippen LogP contribution >= 0.6 is 23.2 Å². The van der Waals surface area contributed by atoms with Crippen LogP contribution in [-0.2, 0) is 0 Å². The summed E-state index contributed by atoms with van der Waals surface area (Å²) in [4.78, 5) is 10.8. The quantitative estimate of drug-likeness (QED) is 0.887. The predicted molar refractivity (Wildman–Crippen MR) is 65.9 cm³/mol. The minimum Gasteiger partial charge on any atom is -0.475 e. The molecule has 0 aliphatic carbocycles. The van der Waals surface area contributed by atoms with Gasteiger partial charge in [-0.15, -0.1) is 0 Å². The number of rotatable bonds is 2. The Morgan fingerprint density at radius 2 is 2.06 bits per heavy atom. The van der Waals surface area contributed by atoms with E-state index < -0.39 is 5.97 Å². The number of furan rings is 1. The van der Waals surface area contributed by atoms with Gasteiger partial charge in [-0.25, -0.2) is 4.79 Å². The SMILES string of the molecule is Cc1cc(C(=O)O)oc1-c1cccc(Cl)c1Cl. The Morgan fingerprint density at radius 3 is 2.65 bits per heavy atom. The summed E-state index contributed by atoms with van der Waals surface area (Å²) in [5.41, 5.74) is 1.29. The lowest BCUT2D eigenvalue weighted by Crippen LogP contribution is -1.91. The van der Waals surface area contributed by atoms with Crippen molar-refractivity contribution >= 4 is 29.2 Å². The first-order valence-corrected chi connectivity index (χ1v) is 5.54. The third kappa shape index (κ3) is 2.16. The monoisotopic (exact) mass is 270 g/mol. The molecule has 88 valence electrons. The van der Waals surface area contributed by atoms with Gasteiger partial charge >= 0.3 is 5.97 Å². The number of aryl methyl sites for hydroxylation is 1. The van der Waals surface area contributed by atoms with E-state index in [0.29, 0.717) is 26.9 Å². The lowest BCUT2D eigenvalue weighted by atomic mass is 10.1. The average molecular weight is 271 g/mol. The molecule has 0 bridgehead atoms. The van der Waals surface area contributed by atoms with Crippen LogP contribution in [0.5, 0.6) is 0 Å². The van der Waals surface area contributed by atoms with E-state index in [1.165, 1.54) is 6.07 Å². The van der Waals surface area contributed by atoms with Gasteiger partial charge in [0.2, 0.25) is 5.76 Å². The summed E-state index contributed by atoms with van der Waals surface area (Å²) in [6, 6.07) is 6.57. The molecule has 0 aliphatic rings. The van der Waals surface area contributed by atoms with Crippen LogP contribution in [0.15, 0.2) is 28.7 Å². The standard InChI is InChI=1S/C12H8Cl2O3/c1-6-5-9(12(15)16)17-11(6)7-3-2-4-8(13)10(7)14/h2-5H,1H3,(H,15,16). The van der Waals surface area contributed by atoms with Crippen LogP contribution in [0.2, 0.25) is 10.0 Å². The molecule has 2 aromatic rings. The number of carboxylic acids is 1. The van der Waals surface area contributed by atoms with E-state index in [0.717, 1.165) is 0 Å². The van der Waals surface area contributed by atoms with Gasteiger partial charge in [-0.05, 0) is 30.7 Å². The van der Waals surface area contributed by atoms with E-state index >= 15 is 0 Å². The van der Waals surface area contributed by atoms with E-state index in [-0.39, 0.29) is 5.76 Å². The molecule has 0 atom stereocenters. The number of halogens is 2. The second kappa shape index (κ2) is 4.43. The Labute approximate surface area is 108 Å². The fourth-order valence-corrected chi connectivity index (χ4v) is 1.92. The Balaban J connectivity index is 2.60. The zero-order valence-corrected chi connectivity index (χ0v) is 10.3. The fraction of sp³-hybridized carbons (Fsp3) is 0.0833. The summed E-state index contributed by atoms with van der Waals surface area (Å²) in [6.07, 6.45) is 0. The number of hydrogen-bond donors (Lipinski definition) is 1. The molecule has 0 fully saturated rings. The zero-order valence-electron chi connectivity index (χ0n) is 8.83. The first-order valence-electron chi connectivity index (χ1n) is 4.79. The van der Waals surface area contributed by atoms with Gasteiger partial charge in [-0.1, -0.05) is 29.3 Å². The van der Waals surface area contributed by atoms with Gasteiger partial charge in [-0.2, -0.15) is 0 Å². The van der Waals surface area contributed by atoms with Crippen LogP contribution in [0, 0.1) is 6.92 Å². The maximum Gasteiger partial charge on any atom is 0.371 e. The molecule has 0 saturated carbocycles. The maximum absolute atomic E-state index is 10.8. The molecule has 0 aliphatic heterocycles. The summed E-state index contributed by atoms with van der Waals surface area (Å²) >= 11 is 11.9. The third-order valence-corrected chi connectivity index (χ3v) is 3.14. The number of carbonyl (C=O) groups is 1. The molecule has 2 rings (SSSR count). The molecule has 17 heavy (non-hydrogen) atoms. The van der Waals surface area contributed by atoms with Crippen molar-refractivity contribution in [2.75, 3.05) is 0 Å². The Morgan fingerprint density at radius 1 is 1.35 bits per heavy atom. The van der Waals surface area contributed by atoms with Crippen LogP contribution in [0.3, 0.4) is 0 Å². The van der Waals surface area contributed by atoms with Gasteiger partial charge in [0, 0.05) is 5.56 Å². The van der Waals surface area contributed by atoms with Crippen molar-refractivity contribution in [1.82, 2.24) is 0 Å². The van der Waals surface area contributed by atoms with E-state index in [4.69, 9.17) is 32.7 Å². The van der Waals surface area contributed by atoms with E-state index in [1.54, 1.807) is 25.1 Å². The molecule has 1 N–H and O–H groups in total. The van der Waals surface area contributed by atoms with Gasteiger partial charge in [-0.3, -0.25) is 0 Å². The van der Waals surface area contributed by atoms with Gasteiger partial charge in [0.25, 0.3) is 0 Å². The van der Waals surface area contributed by atoms with Crippen molar-refractivity contribution < 1.29 is 14.3 Å². The van der Waals surface area contributed by atoms with Crippen LogP contribution < -0.4 is 0 Å². The van der Waals surface area contributed by atoms with E-state index in [2.05, 4.69) is 0 Å². The highest BCUT2D eigenvalue weighted by Crippen LogP contribution is 2.36. The van der Waals surface area contributed by atoms with E-state index in [1.807, 2.05) is 0 Å². The molecular formula is C12H8Cl2O3. The highest BCUT2D eigenvalue weighted by molar-refractivity contribution is 6.43. The average Bonchev–Trinajstić information content (AvgIpc) is 2.65. The molecule has 1 aromatic heterocycles. The molecule has 5 heteroatoms. The minimum absolute atomic E-state index is 0.117. The minimum atomic E-state index is -1.11. The van der Waals surface area contributed by atoms with Crippen LogP contribution in [0.4, 0.5) is 0 Å². The number of benzene rings is 1. The topological polar surface area (TPSA) is 50.4 Å². The molecule has 0 spiro atoms. The molecule has 1 aromatic carbocycles. The molecule has 3 nitrogen and oxygen atoms in total. The maximum atomic E-state index is 10.8. The summed E-state index contributed by atoms with van der Waals surface area (Å²) in [5.74, 6) is -0.805. The highest BCUT2D eigenvalue weighted by Gasteiger charge is 2.17. The molecule has 0 unspecified atom stereocenters. The summed E-state index contributed by atoms with van der Waals surface area (Å²) in [6.45, 7) is 1.75.